The molecule has 0 fully saturated rings. The maximum absolute atomic E-state index is 11.1. The summed E-state index contributed by atoms with van der Waals surface area (Å²) in [6.07, 6.45) is 5.91. The Labute approximate surface area is 127 Å². The van der Waals surface area contributed by atoms with E-state index in [2.05, 4.69) is 21.4 Å². The van der Waals surface area contributed by atoms with Crippen molar-refractivity contribution in [2.24, 2.45) is 0 Å². The van der Waals surface area contributed by atoms with Crippen LogP contribution in [0, 0.1) is 0 Å². The minimum atomic E-state index is -0.820. The van der Waals surface area contributed by atoms with Crippen molar-refractivity contribution in [3.05, 3.63) is 39.6 Å². The first-order valence-electron chi connectivity index (χ1n) is 7.24. The fourth-order valence-corrected chi connectivity index (χ4v) is 3.84. The molecule has 6 heteroatoms. The van der Waals surface area contributed by atoms with Gasteiger partial charge in [-0.3, -0.25) is 4.90 Å². The standard InChI is InChI=1S/C15H19N3O2S/c1-2-5-18-7-4-16-14(18)10-17-6-3-11-8-12(15(19)20)21-13(11)9-17/h4,7-8H,2-3,5-6,9-10H2,1H3,(H,19,20). The smallest absolute Gasteiger partial charge is 0.345 e. The molecule has 0 radical (unpaired) electrons. The summed E-state index contributed by atoms with van der Waals surface area (Å²) in [7, 11) is 0. The highest BCUT2D eigenvalue weighted by Gasteiger charge is 2.22. The molecular weight excluding hydrogens is 286 g/mol. The van der Waals surface area contributed by atoms with Crippen molar-refractivity contribution in [2.45, 2.75) is 39.4 Å². The number of aromatic carboxylic acids is 1. The van der Waals surface area contributed by atoms with Gasteiger partial charge in [0.25, 0.3) is 0 Å². The van der Waals surface area contributed by atoms with Crippen LogP contribution in [0.3, 0.4) is 0 Å². The van der Waals surface area contributed by atoms with Gasteiger partial charge in [0.1, 0.15) is 10.7 Å². The fraction of sp³-hybridized carbons (Fsp3) is 0.467. The average Bonchev–Trinajstić information content (AvgIpc) is 3.06. The van der Waals surface area contributed by atoms with Crippen molar-refractivity contribution in [2.75, 3.05) is 6.54 Å². The monoisotopic (exact) mass is 305 g/mol. The molecule has 1 aliphatic heterocycles. The summed E-state index contributed by atoms with van der Waals surface area (Å²) in [4.78, 5) is 19.5. The molecule has 3 heterocycles. The van der Waals surface area contributed by atoms with Crippen molar-refractivity contribution in [1.82, 2.24) is 14.5 Å². The Morgan fingerprint density at radius 3 is 3.14 bits per heavy atom. The second-order valence-electron chi connectivity index (χ2n) is 5.36. The number of imidazole rings is 1. The van der Waals surface area contributed by atoms with Gasteiger partial charge in [-0.15, -0.1) is 11.3 Å². The molecular formula is C15H19N3O2S. The molecule has 3 rings (SSSR count). The zero-order valence-electron chi connectivity index (χ0n) is 12.1. The van der Waals surface area contributed by atoms with Gasteiger partial charge >= 0.3 is 5.97 Å². The van der Waals surface area contributed by atoms with Gasteiger partial charge in [-0.1, -0.05) is 6.92 Å². The van der Waals surface area contributed by atoms with Crippen LogP contribution in [0.2, 0.25) is 0 Å². The molecule has 0 amide bonds. The molecule has 21 heavy (non-hydrogen) atoms. The third-order valence-corrected chi connectivity index (χ3v) is 4.95. The Balaban J connectivity index is 1.71. The number of carboxylic acids is 1. The van der Waals surface area contributed by atoms with E-state index < -0.39 is 5.97 Å². The van der Waals surface area contributed by atoms with Crippen LogP contribution >= 0.6 is 11.3 Å². The number of fused-ring (bicyclic) bond motifs is 1. The molecule has 0 saturated carbocycles. The maximum Gasteiger partial charge on any atom is 0.345 e. The zero-order valence-corrected chi connectivity index (χ0v) is 12.9. The molecule has 0 bridgehead atoms. The molecule has 0 aliphatic carbocycles. The lowest BCUT2D eigenvalue weighted by molar-refractivity contribution is 0.0702. The summed E-state index contributed by atoms with van der Waals surface area (Å²) < 4.78 is 2.20. The number of hydrogen-bond donors (Lipinski definition) is 1. The molecule has 0 atom stereocenters. The molecule has 1 aliphatic rings. The Hall–Kier alpha value is -1.66. The predicted molar refractivity (Wildman–Crippen MR) is 81.6 cm³/mol. The Morgan fingerprint density at radius 1 is 1.52 bits per heavy atom. The molecule has 5 nitrogen and oxygen atoms in total. The van der Waals surface area contributed by atoms with Gasteiger partial charge in [0.15, 0.2) is 0 Å². The second kappa shape index (κ2) is 5.99. The van der Waals surface area contributed by atoms with E-state index in [4.69, 9.17) is 5.11 Å². The summed E-state index contributed by atoms with van der Waals surface area (Å²) in [5, 5.41) is 9.09. The average molecular weight is 305 g/mol. The van der Waals surface area contributed by atoms with E-state index in [1.165, 1.54) is 21.8 Å². The molecule has 2 aromatic rings. The Kier molecular flexibility index (Phi) is 4.07. The summed E-state index contributed by atoms with van der Waals surface area (Å²) in [5.41, 5.74) is 1.20. The topological polar surface area (TPSA) is 58.4 Å². The van der Waals surface area contributed by atoms with E-state index in [-0.39, 0.29) is 0 Å². The normalized spacial score (nSPS) is 15.1. The summed E-state index contributed by atoms with van der Waals surface area (Å²) in [5.74, 6) is 0.273. The Bertz CT molecular complexity index is 647. The molecule has 1 N–H and O–H groups in total. The van der Waals surface area contributed by atoms with Gasteiger partial charge in [0, 0.05) is 36.9 Å². The highest BCUT2D eigenvalue weighted by Crippen LogP contribution is 2.28. The Morgan fingerprint density at radius 2 is 2.38 bits per heavy atom. The van der Waals surface area contributed by atoms with Crippen LogP contribution in [0.25, 0.3) is 0 Å². The molecule has 112 valence electrons. The zero-order chi connectivity index (χ0) is 14.8. The van der Waals surface area contributed by atoms with Crippen LogP contribution < -0.4 is 0 Å². The highest BCUT2D eigenvalue weighted by atomic mass is 32.1. The SMILES string of the molecule is CCCn1ccnc1CN1CCc2cc(C(=O)O)sc2C1. The molecule has 0 unspecified atom stereocenters. The van der Waals surface area contributed by atoms with Crippen molar-refractivity contribution in [1.29, 1.82) is 0 Å². The lowest BCUT2D eigenvalue weighted by Crippen LogP contribution is -2.30. The van der Waals surface area contributed by atoms with Gasteiger partial charge in [0.2, 0.25) is 0 Å². The first-order valence-corrected chi connectivity index (χ1v) is 8.06. The van der Waals surface area contributed by atoms with Crippen LogP contribution in [-0.4, -0.2) is 32.1 Å². The third kappa shape index (κ3) is 3.01. The number of carboxylic acid groups (broad SMARTS) is 1. The number of thiophene rings is 1. The van der Waals surface area contributed by atoms with Crippen molar-refractivity contribution < 1.29 is 9.90 Å². The van der Waals surface area contributed by atoms with E-state index in [0.717, 1.165) is 44.8 Å². The predicted octanol–water partition coefficient (Wildman–Crippen LogP) is 2.61. The van der Waals surface area contributed by atoms with Crippen molar-refractivity contribution in [3.8, 4) is 0 Å². The van der Waals surface area contributed by atoms with Gasteiger partial charge in [0.05, 0.1) is 6.54 Å². The summed E-state index contributed by atoms with van der Waals surface area (Å²) in [6.45, 7) is 5.77. The molecule has 0 spiro atoms. The van der Waals surface area contributed by atoms with Gasteiger partial charge < -0.3 is 9.67 Å². The molecule has 0 aromatic carbocycles. The number of carbonyl (C=O) groups is 1. The number of nitrogens with zero attached hydrogens (tertiary/aromatic N) is 3. The lowest BCUT2D eigenvalue weighted by Gasteiger charge is -2.26. The number of aryl methyl sites for hydroxylation is 1. The van der Waals surface area contributed by atoms with Crippen LogP contribution in [0.1, 0.15) is 39.3 Å². The largest absolute Gasteiger partial charge is 0.477 e. The van der Waals surface area contributed by atoms with Crippen LogP contribution in [0.15, 0.2) is 18.5 Å². The van der Waals surface area contributed by atoms with E-state index in [1.54, 1.807) is 0 Å². The minimum absolute atomic E-state index is 0.453. The quantitative estimate of drug-likeness (QED) is 0.922. The lowest BCUT2D eigenvalue weighted by atomic mass is 10.1. The number of aromatic nitrogens is 2. The maximum atomic E-state index is 11.1. The van der Waals surface area contributed by atoms with Crippen LogP contribution in [0.4, 0.5) is 0 Å². The summed E-state index contributed by atoms with van der Waals surface area (Å²) in [6, 6.07) is 1.83. The van der Waals surface area contributed by atoms with E-state index in [1.807, 2.05) is 18.5 Å². The number of hydrogen-bond acceptors (Lipinski definition) is 4. The van der Waals surface area contributed by atoms with Gasteiger partial charge in [-0.2, -0.15) is 0 Å². The first kappa shape index (κ1) is 14.3. The molecule has 2 aromatic heterocycles. The van der Waals surface area contributed by atoms with Gasteiger partial charge in [-0.05, 0) is 24.5 Å². The minimum Gasteiger partial charge on any atom is -0.477 e. The first-order chi connectivity index (χ1) is 10.2. The summed E-state index contributed by atoms with van der Waals surface area (Å²) >= 11 is 1.41. The van der Waals surface area contributed by atoms with Crippen LogP contribution in [0.5, 0.6) is 0 Å². The second-order valence-corrected chi connectivity index (χ2v) is 6.50. The van der Waals surface area contributed by atoms with E-state index in [0.29, 0.717) is 4.88 Å². The third-order valence-electron chi connectivity index (χ3n) is 3.80. The van der Waals surface area contributed by atoms with E-state index >= 15 is 0 Å². The van der Waals surface area contributed by atoms with E-state index in [9.17, 15) is 4.79 Å². The van der Waals surface area contributed by atoms with Gasteiger partial charge in [-0.25, -0.2) is 9.78 Å². The fourth-order valence-electron chi connectivity index (χ4n) is 2.75. The van der Waals surface area contributed by atoms with Crippen LogP contribution in [-0.2, 0) is 26.1 Å². The van der Waals surface area contributed by atoms with Crippen molar-refractivity contribution >= 4 is 17.3 Å². The molecule has 0 saturated heterocycles. The number of rotatable bonds is 5. The highest BCUT2D eigenvalue weighted by molar-refractivity contribution is 7.14. The van der Waals surface area contributed by atoms with Crippen molar-refractivity contribution in [3.63, 3.8) is 0 Å².